The third-order valence-corrected chi connectivity index (χ3v) is 3.85. The maximum atomic E-state index is 3.88. The van der Waals surface area contributed by atoms with E-state index in [9.17, 15) is 0 Å². The standard InChI is InChI=1S/C18H37.2Na.2H/c1-3-5-7-9-11-13-15-17-18-16-14-12-10-8-6-4-2;;;;/h1,3-18H2,2H3;;;;. The SMILES string of the molecule is [CH2]CCCCCCCCCCCCCCCCC.[NaH].[NaH]. The molecule has 0 nitrogen and oxygen atoms in total. The minimum atomic E-state index is 0. The minimum absolute atomic E-state index is 0. The molecule has 0 rings (SSSR count). The molecule has 0 aliphatic carbocycles. The molecule has 1 radical (unpaired) electrons. The van der Waals surface area contributed by atoms with Crippen molar-refractivity contribution < 1.29 is 0 Å². The number of rotatable bonds is 15. The maximum absolute atomic E-state index is 3.88. The molecular formula is C18H39Na2. The van der Waals surface area contributed by atoms with Crippen molar-refractivity contribution in [1.82, 2.24) is 0 Å². The Morgan fingerprint density at radius 1 is 0.450 bits per heavy atom. The summed E-state index contributed by atoms with van der Waals surface area (Å²) in [4.78, 5) is 0. The fraction of sp³-hybridized carbons (Fsp3) is 0.944. The molecule has 0 saturated carbocycles. The van der Waals surface area contributed by atoms with Crippen molar-refractivity contribution in [3.63, 3.8) is 0 Å². The molecule has 0 amide bonds. The molecule has 20 heavy (non-hydrogen) atoms. The van der Waals surface area contributed by atoms with E-state index in [0.29, 0.717) is 0 Å². The number of unbranched alkanes of at least 4 members (excludes halogenated alkanes) is 15. The molecule has 0 fully saturated rings. The van der Waals surface area contributed by atoms with E-state index in [1.54, 1.807) is 0 Å². The molecule has 0 unspecified atom stereocenters. The van der Waals surface area contributed by atoms with Gasteiger partial charge in [-0.25, -0.2) is 0 Å². The Bertz CT molecular complexity index is 121. The van der Waals surface area contributed by atoms with Gasteiger partial charge in [0, 0.05) is 0 Å². The van der Waals surface area contributed by atoms with E-state index in [1.807, 2.05) is 0 Å². The van der Waals surface area contributed by atoms with Crippen molar-refractivity contribution in [1.29, 1.82) is 0 Å². The van der Waals surface area contributed by atoms with Gasteiger partial charge >= 0.3 is 59.1 Å². The van der Waals surface area contributed by atoms with Gasteiger partial charge in [0.1, 0.15) is 0 Å². The van der Waals surface area contributed by atoms with Gasteiger partial charge in [0.05, 0.1) is 0 Å². The first kappa shape index (κ1) is 26.9. The van der Waals surface area contributed by atoms with Crippen molar-refractivity contribution in [2.24, 2.45) is 0 Å². The van der Waals surface area contributed by atoms with E-state index in [4.69, 9.17) is 0 Å². The Labute approximate surface area is 174 Å². The van der Waals surface area contributed by atoms with Gasteiger partial charge in [0.15, 0.2) is 0 Å². The number of hydrogen-bond donors (Lipinski definition) is 0. The van der Waals surface area contributed by atoms with Crippen LogP contribution in [0.1, 0.15) is 110 Å². The molecule has 2 heteroatoms. The second kappa shape index (κ2) is 25.9. The van der Waals surface area contributed by atoms with Gasteiger partial charge in [-0.2, -0.15) is 0 Å². The van der Waals surface area contributed by atoms with Crippen molar-refractivity contribution in [3.05, 3.63) is 6.92 Å². The first-order chi connectivity index (χ1) is 8.91. The molecule has 0 saturated heterocycles. The average molecular weight is 301 g/mol. The van der Waals surface area contributed by atoms with Crippen LogP contribution in [0.2, 0.25) is 0 Å². The van der Waals surface area contributed by atoms with Crippen LogP contribution in [0.15, 0.2) is 0 Å². The summed E-state index contributed by atoms with van der Waals surface area (Å²) in [6.07, 6.45) is 22.8. The molecular weight excluding hydrogens is 262 g/mol. The summed E-state index contributed by atoms with van der Waals surface area (Å²) in [5.41, 5.74) is 0. The Morgan fingerprint density at radius 3 is 0.950 bits per heavy atom. The van der Waals surface area contributed by atoms with E-state index in [-0.39, 0.29) is 59.1 Å². The van der Waals surface area contributed by atoms with Crippen LogP contribution in [0.4, 0.5) is 0 Å². The Balaban J connectivity index is -0.00000144. The van der Waals surface area contributed by atoms with Crippen molar-refractivity contribution in [2.75, 3.05) is 0 Å². The molecule has 0 spiro atoms. The molecule has 0 aliphatic rings. The molecule has 0 aromatic heterocycles. The van der Waals surface area contributed by atoms with Crippen LogP contribution >= 0.6 is 0 Å². The van der Waals surface area contributed by atoms with Crippen LogP contribution in [0.25, 0.3) is 0 Å². The van der Waals surface area contributed by atoms with Crippen LogP contribution in [-0.4, -0.2) is 59.1 Å². The first-order valence-electron chi connectivity index (χ1n) is 8.71. The van der Waals surface area contributed by atoms with E-state index in [0.717, 1.165) is 6.42 Å². The summed E-state index contributed by atoms with van der Waals surface area (Å²) in [5.74, 6) is 0. The summed E-state index contributed by atoms with van der Waals surface area (Å²) < 4.78 is 0. The molecule has 0 aliphatic heterocycles. The zero-order chi connectivity index (χ0) is 13.3. The molecule has 0 atom stereocenters. The van der Waals surface area contributed by atoms with Gasteiger partial charge in [0.2, 0.25) is 0 Å². The third-order valence-electron chi connectivity index (χ3n) is 3.85. The third kappa shape index (κ3) is 25.0. The Morgan fingerprint density at radius 2 is 0.700 bits per heavy atom. The molecule has 0 N–H and O–H groups in total. The van der Waals surface area contributed by atoms with Gasteiger partial charge in [-0.15, -0.1) is 0 Å². The van der Waals surface area contributed by atoms with E-state index < -0.39 is 0 Å². The zero-order valence-corrected chi connectivity index (χ0v) is 13.0. The van der Waals surface area contributed by atoms with E-state index in [2.05, 4.69) is 13.8 Å². The molecule has 0 bridgehead atoms. The summed E-state index contributed by atoms with van der Waals surface area (Å²) in [7, 11) is 0. The quantitative estimate of drug-likeness (QED) is 0.265. The van der Waals surface area contributed by atoms with Crippen LogP contribution in [0.5, 0.6) is 0 Å². The molecule has 113 valence electrons. The van der Waals surface area contributed by atoms with Crippen molar-refractivity contribution in [3.8, 4) is 0 Å². The summed E-state index contributed by atoms with van der Waals surface area (Å²) >= 11 is 0. The predicted molar refractivity (Wildman–Crippen MR) is 99.2 cm³/mol. The van der Waals surface area contributed by atoms with Crippen molar-refractivity contribution >= 4 is 59.1 Å². The monoisotopic (exact) mass is 301 g/mol. The summed E-state index contributed by atoms with van der Waals surface area (Å²) in [5, 5.41) is 0. The van der Waals surface area contributed by atoms with Crippen LogP contribution in [0, 0.1) is 6.92 Å². The average Bonchev–Trinajstić information content (AvgIpc) is 2.39. The van der Waals surface area contributed by atoms with Gasteiger partial charge < -0.3 is 0 Å². The fourth-order valence-electron chi connectivity index (χ4n) is 2.55. The number of hydrogen-bond acceptors (Lipinski definition) is 0. The van der Waals surface area contributed by atoms with Crippen LogP contribution < -0.4 is 0 Å². The fourth-order valence-corrected chi connectivity index (χ4v) is 2.55. The van der Waals surface area contributed by atoms with Crippen molar-refractivity contribution in [2.45, 2.75) is 110 Å². The second-order valence-electron chi connectivity index (χ2n) is 5.80. The van der Waals surface area contributed by atoms with Gasteiger partial charge in [-0.3, -0.25) is 0 Å². The molecule has 0 heterocycles. The van der Waals surface area contributed by atoms with E-state index >= 15 is 0 Å². The first-order valence-corrected chi connectivity index (χ1v) is 8.71. The van der Waals surface area contributed by atoms with Gasteiger partial charge in [0.25, 0.3) is 0 Å². The second-order valence-corrected chi connectivity index (χ2v) is 5.80. The Kier molecular flexibility index (Phi) is 34.8. The molecule has 0 aromatic carbocycles. The summed E-state index contributed by atoms with van der Waals surface area (Å²) in [6.45, 7) is 6.18. The predicted octanol–water partition coefficient (Wildman–Crippen LogP) is 5.78. The van der Waals surface area contributed by atoms with Crippen LogP contribution in [0.3, 0.4) is 0 Å². The van der Waals surface area contributed by atoms with Gasteiger partial charge in [-0.05, 0) is 0 Å². The topological polar surface area (TPSA) is 0 Å². The zero-order valence-electron chi connectivity index (χ0n) is 13.0. The Hall–Kier alpha value is 2.00. The normalized spacial score (nSPS) is 9.90. The van der Waals surface area contributed by atoms with E-state index in [1.165, 1.54) is 96.3 Å². The van der Waals surface area contributed by atoms with Crippen LogP contribution in [-0.2, 0) is 0 Å². The molecule has 0 aromatic rings. The summed E-state index contributed by atoms with van der Waals surface area (Å²) in [6, 6.07) is 0. The van der Waals surface area contributed by atoms with Gasteiger partial charge in [-0.1, -0.05) is 117 Å².